The minimum atomic E-state index is -0.0366. The summed E-state index contributed by atoms with van der Waals surface area (Å²) >= 11 is 12.7. The van der Waals surface area contributed by atoms with Gasteiger partial charge in [-0.3, -0.25) is 4.79 Å². The first-order valence-corrected chi connectivity index (χ1v) is 13.0. The highest BCUT2D eigenvalue weighted by atomic mass is 35.5. The third-order valence-electron chi connectivity index (χ3n) is 7.71. The van der Waals surface area contributed by atoms with E-state index < -0.39 is 0 Å². The van der Waals surface area contributed by atoms with Crippen LogP contribution in [-0.2, 0) is 0 Å². The quantitative estimate of drug-likeness (QED) is 0.394. The van der Waals surface area contributed by atoms with Crippen LogP contribution >= 0.6 is 23.2 Å². The number of aromatic hydroxyl groups is 1. The minimum absolute atomic E-state index is 0.0366. The summed E-state index contributed by atoms with van der Waals surface area (Å²) in [5, 5.41) is 10.7. The lowest BCUT2D eigenvalue weighted by atomic mass is 9.84. The van der Waals surface area contributed by atoms with Gasteiger partial charge in [-0.05, 0) is 91.8 Å². The lowest BCUT2D eigenvalue weighted by Gasteiger charge is -2.35. The highest BCUT2D eigenvalue weighted by Crippen LogP contribution is 2.45. The van der Waals surface area contributed by atoms with Crippen LogP contribution in [-0.4, -0.2) is 47.5 Å². The molecule has 1 saturated heterocycles. The van der Waals surface area contributed by atoms with Gasteiger partial charge in [0.05, 0.1) is 16.1 Å². The molecule has 0 spiro atoms. The van der Waals surface area contributed by atoms with Gasteiger partial charge in [0.1, 0.15) is 5.75 Å². The van der Waals surface area contributed by atoms with Gasteiger partial charge in [0, 0.05) is 18.5 Å². The van der Waals surface area contributed by atoms with Crippen LogP contribution in [0.5, 0.6) is 5.75 Å². The highest BCUT2D eigenvalue weighted by molar-refractivity contribution is 6.42. The van der Waals surface area contributed by atoms with Crippen molar-refractivity contribution in [3.8, 4) is 5.75 Å². The number of likely N-dealkylation sites (tertiary alicyclic amines) is 1. The van der Waals surface area contributed by atoms with Gasteiger partial charge in [-0.2, -0.15) is 0 Å². The Hall–Kier alpha value is -2.53. The van der Waals surface area contributed by atoms with Crippen molar-refractivity contribution < 1.29 is 9.90 Å². The van der Waals surface area contributed by atoms with Crippen LogP contribution < -0.4 is 0 Å². The zero-order valence-electron chi connectivity index (χ0n) is 19.8. The molecule has 0 radical (unpaired) electrons. The molecule has 0 bridgehead atoms. The molecule has 6 heteroatoms. The van der Waals surface area contributed by atoms with E-state index >= 15 is 0 Å². The summed E-state index contributed by atoms with van der Waals surface area (Å²) in [6.45, 7) is 3.03. The molecule has 1 fully saturated rings. The van der Waals surface area contributed by atoms with Gasteiger partial charge < -0.3 is 14.9 Å². The molecule has 0 saturated carbocycles. The monoisotopic (exact) mass is 508 g/mol. The number of carbonyl (C=O) groups excluding carboxylic acids is 1. The third kappa shape index (κ3) is 4.93. The molecule has 0 aliphatic carbocycles. The molecule has 1 amide bonds. The summed E-state index contributed by atoms with van der Waals surface area (Å²) in [5.41, 5.74) is 4.29. The van der Waals surface area contributed by atoms with Gasteiger partial charge in [0.15, 0.2) is 0 Å². The first-order valence-electron chi connectivity index (χ1n) is 12.2. The predicted molar refractivity (Wildman–Crippen MR) is 142 cm³/mol. The van der Waals surface area contributed by atoms with Gasteiger partial charge in [0.25, 0.3) is 5.91 Å². The number of hydrogen-bond donors (Lipinski definition) is 1. The van der Waals surface area contributed by atoms with E-state index in [0.717, 1.165) is 55.6 Å². The smallest absolute Gasteiger partial charge is 0.254 e. The van der Waals surface area contributed by atoms with Crippen molar-refractivity contribution in [2.24, 2.45) is 0 Å². The Bertz CT molecular complexity index is 1210. The number of piperidine rings is 1. The lowest BCUT2D eigenvalue weighted by Crippen LogP contribution is -2.35. The summed E-state index contributed by atoms with van der Waals surface area (Å²) in [7, 11) is 1.90. The number of phenolic OH excluding ortho intramolecular Hbond substituents is 1. The van der Waals surface area contributed by atoms with E-state index in [1.165, 1.54) is 5.56 Å². The van der Waals surface area contributed by atoms with Crippen LogP contribution in [0.2, 0.25) is 10.0 Å². The Balaban J connectivity index is 1.34. The molecular formula is C29H30Cl2N2O2. The number of hydrogen-bond acceptors (Lipinski definition) is 3. The number of rotatable bonds is 6. The second kappa shape index (κ2) is 10.2. The van der Waals surface area contributed by atoms with Crippen LogP contribution in [0, 0.1) is 0 Å². The zero-order chi connectivity index (χ0) is 24.5. The Morgan fingerprint density at radius 2 is 1.69 bits per heavy atom. The molecular weight excluding hydrogens is 479 g/mol. The van der Waals surface area contributed by atoms with Gasteiger partial charge in [-0.1, -0.05) is 59.6 Å². The molecule has 35 heavy (non-hydrogen) atoms. The maximum absolute atomic E-state index is 13.0. The van der Waals surface area contributed by atoms with E-state index in [-0.39, 0.29) is 17.9 Å². The third-order valence-corrected chi connectivity index (χ3v) is 8.45. The average molecular weight is 509 g/mol. The first-order chi connectivity index (χ1) is 16.9. The maximum atomic E-state index is 13.0. The van der Waals surface area contributed by atoms with Crippen molar-refractivity contribution in [1.29, 1.82) is 0 Å². The summed E-state index contributed by atoms with van der Waals surface area (Å²) < 4.78 is 0. The summed E-state index contributed by atoms with van der Waals surface area (Å²) in [4.78, 5) is 17.4. The van der Waals surface area contributed by atoms with Crippen molar-refractivity contribution in [1.82, 2.24) is 9.80 Å². The molecule has 4 nitrogen and oxygen atoms in total. The molecule has 2 atom stereocenters. The molecule has 2 unspecified atom stereocenters. The van der Waals surface area contributed by atoms with Crippen LogP contribution in [0.25, 0.3) is 0 Å². The zero-order valence-corrected chi connectivity index (χ0v) is 21.3. The number of benzene rings is 3. The van der Waals surface area contributed by atoms with Gasteiger partial charge in [-0.15, -0.1) is 0 Å². The largest absolute Gasteiger partial charge is 0.508 e. The molecule has 2 heterocycles. The first kappa shape index (κ1) is 24.2. The molecule has 182 valence electrons. The number of phenols is 1. The van der Waals surface area contributed by atoms with E-state index in [2.05, 4.69) is 17.0 Å². The second-order valence-electron chi connectivity index (χ2n) is 9.72. The molecule has 2 aliphatic rings. The number of halogens is 2. The van der Waals surface area contributed by atoms with Crippen LogP contribution in [0.15, 0.2) is 66.7 Å². The second-order valence-corrected chi connectivity index (χ2v) is 10.5. The topological polar surface area (TPSA) is 43.8 Å². The fraction of sp³-hybridized carbons (Fsp3) is 0.345. The number of likely N-dealkylation sites (N-methyl/N-ethyl adjacent to an activating group) is 1. The standard InChI is InChI=1S/C29H30Cl2N2O2/c1-32-28(24-4-2-3-5-25(24)29(32)35)23(21-8-11-26(30)27(31)18-21)14-17-33-15-12-20(13-16-33)19-6-9-22(34)10-7-19/h2-11,18,20,23,28,34H,12-17H2,1H3. The SMILES string of the molecule is CN1C(=O)c2ccccc2C1C(CCN1CCC(c2ccc(O)cc2)CC1)c1ccc(Cl)c(Cl)c1. The van der Waals surface area contributed by atoms with Crippen molar-refractivity contribution in [2.45, 2.75) is 37.1 Å². The average Bonchev–Trinajstić information content (AvgIpc) is 3.12. The molecule has 5 rings (SSSR count). The number of nitrogens with zero attached hydrogens (tertiary/aromatic N) is 2. The van der Waals surface area contributed by atoms with Gasteiger partial charge in [0.2, 0.25) is 0 Å². The molecule has 3 aromatic carbocycles. The maximum Gasteiger partial charge on any atom is 0.254 e. The van der Waals surface area contributed by atoms with E-state index in [1.807, 2.05) is 54.4 Å². The van der Waals surface area contributed by atoms with E-state index in [9.17, 15) is 9.90 Å². The fourth-order valence-electron chi connectivity index (χ4n) is 5.77. The van der Waals surface area contributed by atoms with E-state index in [0.29, 0.717) is 21.7 Å². The Morgan fingerprint density at radius 3 is 2.40 bits per heavy atom. The van der Waals surface area contributed by atoms with Crippen molar-refractivity contribution in [3.05, 3.63) is 99.0 Å². The normalized spacial score (nSPS) is 19.7. The van der Waals surface area contributed by atoms with E-state index in [4.69, 9.17) is 23.2 Å². The molecule has 3 aromatic rings. The predicted octanol–water partition coefficient (Wildman–Crippen LogP) is 6.88. The van der Waals surface area contributed by atoms with Crippen molar-refractivity contribution in [2.75, 3.05) is 26.7 Å². The Labute approximate surface area is 217 Å². The number of carbonyl (C=O) groups is 1. The summed E-state index contributed by atoms with van der Waals surface area (Å²) in [6, 6.07) is 21.4. The van der Waals surface area contributed by atoms with Crippen LogP contribution in [0.1, 0.15) is 64.2 Å². The van der Waals surface area contributed by atoms with Crippen LogP contribution in [0.3, 0.4) is 0 Å². The van der Waals surface area contributed by atoms with Crippen molar-refractivity contribution in [3.63, 3.8) is 0 Å². The van der Waals surface area contributed by atoms with E-state index in [1.54, 1.807) is 12.1 Å². The minimum Gasteiger partial charge on any atom is -0.508 e. The van der Waals surface area contributed by atoms with Gasteiger partial charge in [-0.25, -0.2) is 0 Å². The molecule has 0 aromatic heterocycles. The Kier molecular flexibility index (Phi) is 7.06. The molecule has 1 N–H and O–H groups in total. The highest BCUT2D eigenvalue weighted by Gasteiger charge is 2.39. The fourth-order valence-corrected chi connectivity index (χ4v) is 6.08. The molecule has 2 aliphatic heterocycles. The number of amides is 1. The van der Waals surface area contributed by atoms with Crippen molar-refractivity contribution >= 4 is 29.1 Å². The summed E-state index contributed by atoms with van der Waals surface area (Å²) in [6.07, 6.45) is 3.12. The van der Waals surface area contributed by atoms with Gasteiger partial charge >= 0.3 is 0 Å². The summed E-state index contributed by atoms with van der Waals surface area (Å²) in [5.74, 6) is 1.03. The number of fused-ring (bicyclic) bond motifs is 1. The Morgan fingerprint density at radius 1 is 0.971 bits per heavy atom. The van der Waals surface area contributed by atoms with Crippen LogP contribution in [0.4, 0.5) is 0 Å². The lowest BCUT2D eigenvalue weighted by molar-refractivity contribution is 0.0746.